The number of aliphatic hydroxyl groups is 1. The van der Waals surface area contributed by atoms with Crippen molar-refractivity contribution in [3.8, 4) is 0 Å². The van der Waals surface area contributed by atoms with Crippen LogP contribution in [0.1, 0.15) is 16.0 Å². The van der Waals surface area contributed by atoms with Crippen molar-refractivity contribution < 1.29 is 14.6 Å². The first-order valence-electron chi connectivity index (χ1n) is 11.6. The minimum absolute atomic E-state index is 0.0652. The highest BCUT2D eigenvalue weighted by molar-refractivity contribution is 7.19. The number of hydrogen-bond acceptors (Lipinski definition) is 8. The fourth-order valence-corrected chi connectivity index (χ4v) is 5.32. The van der Waals surface area contributed by atoms with E-state index < -0.39 is 0 Å². The molecule has 0 bridgehead atoms. The van der Waals surface area contributed by atoms with Gasteiger partial charge in [0.25, 0.3) is 0 Å². The predicted octanol–water partition coefficient (Wildman–Crippen LogP) is 2.27. The molecule has 0 radical (unpaired) electrons. The summed E-state index contributed by atoms with van der Waals surface area (Å²) in [5.74, 6) is 0.600. The molecule has 0 aliphatic carbocycles. The summed E-state index contributed by atoms with van der Waals surface area (Å²) in [5, 5.41) is 9.49. The highest BCUT2D eigenvalue weighted by Gasteiger charge is 2.24. The first-order chi connectivity index (χ1) is 16.7. The van der Waals surface area contributed by atoms with Crippen molar-refractivity contribution in [1.29, 1.82) is 0 Å². The average Bonchev–Trinajstić information content (AvgIpc) is 3.25. The molecule has 0 unspecified atom stereocenters. The molecule has 1 amide bonds. The molecule has 34 heavy (non-hydrogen) atoms. The van der Waals surface area contributed by atoms with E-state index in [0.29, 0.717) is 18.9 Å². The van der Waals surface area contributed by atoms with Crippen molar-refractivity contribution in [1.82, 2.24) is 19.8 Å². The Hall–Kier alpha value is -2.85. The van der Waals surface area contributed by atoms with E-state index in [0.717, 1.165) is 55.9 Å². The van der Waals surface area contributed by atoms with E-state index in [1.807, 2.05) is 41.3 Å². The molecule has 5 rings (SSSR count). The molecule has 0 saturated carbocycles. The Morgan fingerprint density at radius 1 is 1.18 bits per heavy atom. The molecule has 3 aromatic rings. The van der Waals surface area contributed by atoms with Crippen LogP contribution in [0.15, 0.2) is 48.8 Å². The van der Waals surface area contributed by atoms with Gasteiger partial charge in [-0.15, -0.1) is 11.3 Å². The highest BCUT2D eigenvalue weighted by Crippen LogP contribution is 2.36. The zero-order valence-corrected chi connectivity index (χ0v) is 20.0. The lowest BCUT2D eigenvalue weighted by Crippen LogP contribution is -2.37. The van der Waals surface area contributed by atoms with Gasteiger partial charge in [-0.25, -0.2) is 9.97 Å². The minimum Gasteiger partial charge on any atom is -0.396 e. The van der Waals surface area contributed by atoms with Gasteiger partial charge in [0, 0.05) is 43.7 Å². The largest absolute Gasteiger partial charge is 0.396 e. The third kappa shape index (κ3) is 6.18. The quantitative estimate of drug-likeness (QED) is 0.539. The molecule has 180 valence electrons. The summed E-state index contributed by atoms with van der Waals surface area (Å²) >= 11 is 1.61. The van der Waals surface area contributed by atoms with Crippen molar-refractivity contribution in [2.75, 3.05) is 51.7 Å². The average molecular weight is 482 g/mol. The third-order valence-electron chi connectivity index (χ3n) is 5.95. The van der Waals surface area contributed by atoms with Crippen molar-refractivity contribution in [2.45, 2.75) is 19.4 Å². The van der Waals surface area contributed by atoms with Gasteiger partial charge in [-0.1, -0.05) is 36.4 Å². The summed E-state index contributed by atoms with van der Waals surface area (Å²) in [4.78, 5) is 27.1. The van der Waals surface area contributed by atoms with Gasteiger partial charge in [0.05, 0.1) is 25.1 Å². The maximum Gasteiger partial charge on any atom is 0.246 e. The number of anilines is 1. The van der Waals surface area contributed by atoms with Crippen LogP contribution < -0.4 is 5.73 Å². The number of thiophene rings is 1. The number of aromatic nitrogens is 2. The van der Waals surface area contributed by atoms with Crippen LogP contribution in [0, 0.1) is 0 Å². The maximum absolute atomic E-state index is 12.5. The molecule has 1 saturated heterocycles. The Labute approximate surface area is 203 Å². The zero-order chi connectivity index (χ0) is 23.8. The molecule has 1 fully saturated rings. The molecule has 2 aliphatic heterocycles. The summed E-state index contributed by atoms with van der Waals surface area (Å²) in [6, 6.07) is 9.95. The van der Waals surface area contributed by atoms with E-state index in [2.05, 4.69) is 14.9 Å². The Balaban J connectivity index is 0.000000257. The van der Waals surface area contributed by atoms with Gasteiger partial charge in [0.15, 0.2) is 0 Å². The molecule has 8 nitrogen and oxygen atoms in total. The topological polar surface area (TPSA) is 105 Å². The Kier molecular flexibility index (Phi) is 8.59. The van der Waals surface area contributed by atoms with E-state index >= 15 is 0 Å². The van der Waals surface area contributed by atoms with Gasteiger partial charge < -0.3 is 20.5 Å². The second-order valence-electron chi connectivity index (χ2n) is 8.23. The number of nitrogens with two attached hydrogens (primary N) is 1. The van der Waals surface area contributed by atoms with E-state index in [4.69, 9.17) is 15.6 Å². The van der Waals surface area contributed by atoms with Gasteiger partial charge in [-0.3, -0.25) is 9.69 Å². The number of nitrogen functional groups attached to an aromatic ring is 1. The van der Waals surface area contributed by atoms with Crippen LogP contribution in [-0.4, -0.2) is 76.8 Å². The van der Waals surface area contributed by atoms with E-state index in [1.54, 1.807) is 17.4 Å². The molecule has 2 aromatic heterocycles. The normalized spacial score (nSPS) is 16.3. The van der Waals surface area contributed by atoms with Crippen LogP contribution in [0.5, 0.6) is 0 Å². The number of fused-ring (bicyclic) bond motifs is 3. The molecular weight excluding hydrogens is 450 g/mol. The molecule has 2 aliphatic rings. The number of carbonyl (C=O) groups is 1. The lowest BCUT2D eigenvalue weighted by molar-refractivity contribution is -0.126. The minimum atomic E-state index is 0.0652. The number of rotatable bonds is 5. The van der Waals surface area contributed by atoms with E-state index in [-0.39, 0.29) is 12.5 Å². The van der Waals surface area contributed by atoms with Crippen LogP contribution in [-0.2, 0) is 28.9 Å². The Bertz CT molecular complexity index is 1110. The van der Waals surface area contributed by atoms with E-state index in [1.165, 1.54) is 22.3 Å². The Morgan fingerprint density at radius 2 is 1.97 bits per heavy atom. The number of aliphatic hydroxyl groups excluding tert-OH is 1. The number of ether oxygens (including phenoxy) is 1. The lowest BCUT2D eigenvalue weighted by atomic mass is 10.0. The standard InChI is InChI=1S/C17H21N5O2S.C8H10O/c18-16-15-12-3-5-22(10-13(12)25-17(15)20-11-19-16)14(23)2-1-4-21-6-8-24-9-7-21;9-7-6-8-4-2-1-3-5-8/h1-2,11H,3-10H2,(H2,18,19,20);1-5,9H,6-7H2/b2-1+;. The maximum atomic E-state index is 12.5. The summed E-state index contributed by atoms with van der Waals surface area (Å²) in [7, 11) is 0. The second-order valence-corrected chi connectivity index (χ2v) is 9.31. The molecule has 9 heteroatoms. The molecule has 4 heterocycles. The monoisotopic (exact) mass is 481 g/mol. The summed E-state index contributed by atoms with van der Waals surface area (Å²) in [5.41, 5.74) is 8.41. The van der Waals surface area contributed by atoms with Crippen LogP contribution in [0.4, 0.5) is 5.82 Å². The summed E-state index contributed by atoms with van der Waals surface area (Å²) in [6.07, 6.45) is 6.72. The van der Waals surface area contributed by atoms with Crippen molar-refractivity contribution >= 4 is 33.3 Å². The van der Waals surface area contributed by atoms with Gasteiger partial charge in [0.2, 0.25) is 5.91 Å². The number of amides is 1. The van der Waals surface area contributed by atoms with Gasteiger partial charge in [-0.05, 0) is 24.0 Å². The number of benzene rings is 1. The lowest BCUT2D eigenvalue weighted by Gasteiger charge is -2.27. The molecule has 0 spiro atoms. The zero-order valence-electron chi connectivity index (χ0n) is 19.2. The fraction of sp³-hybridized carbons (Fsp3) is 0.400. The van der Waals surface area contributed by atoms with Crippen molar-refractivity contribution in [2.24, 2.45) is 0 Å². The van der Waals surface area contributed by atoms with Crippen LogP contribution >= 0.6 is 11.3 Å². The molecule has 0 atom stereocenters. The molecule has 1 aromatic carbocycles. The van der Waals surface area contributed by atoms with Gasteiger partial charge >= 0.3 is 0 Å². The molecular formula is C25H31N5O3S. The number of nitrogens with zero attached hydrogens (tertiary/aromatic N) is 4. The number of carbonyl (C=O) groups excluding carboxylic acids is 1. The SMILES string of the molecule is Nc1ncnc2sc3c(c12)CCN(C(=O)/C=C/CN1CCOCC1)C3.OCCc1ccccc1. The van der Waals surface area contributed by atoms with Crippen molar-refractivity contribution in [3.63, 3.8) is 0 Å². The number of morpholine rings is 1. The number of hydrogen-bond donors (Lipinski definition) is 2. The van der Waals surface area contributed by atoms with Crippen LogP contribution in [0.3, 0.4) is 0 Å². The summed E-state index contributed by atoms with van der Waals surface area (Å²) < 4.78 is 5.33. The summed E-state index contributed by atoms with van der Waals surface area (Å²) in [6.45, 7) is 5.76. The second kappa shape index (κ2) is 12.0. The predicted molar refractivity (Wildman–Crippen MR) is 135 cm³/mol. The van der Waals surface area contributed by atoms with Gasteiger partial charge in [-0.2, -0.15) is 0 Å². The smallest absolute Gasteiger partial charge is 0.246 e. The highest BCUT2D eigenvalue weighted by atomic mass is 32.1. The van der Waals surface area contributed by atoms with Crippen molar-refractivity contribution in [3.05, 3.63) is 64.8 Å². The first-order valence-corrected chi connectivity index (χ1v) is 12.4. The van der Waals surface area contributed by atoms with Crippen LogP contribution in [0.25, 0.3) is 10.2 Å². The van der Waals surface area contributed by atoms with Gasteiger partial charge in [0.1, 0.15) is 17.0 Å². The van der Waals surface area contributed by atoms with E-state index in [9.17, 15) is 4.79 Å². The Morgan fingerprint density at radius 3 is 2.74 bits per heavy atom. The van der Waals surface area contributed by atoms with Crippen LogP contribution in [0.2, 0.25) is 0 Å². The molecule has 3 N–H and O–H groups in total. The third-order valence-corrected chi connectivity index (χ3v) is 7.07. The fourth-order valence-electron chi connectivity index (χ4n) is 4.11. The first kappa shape index (κ1) is 24.3.